The average molecular weight is 410 g/mol. The number of aromatic nitrogens is 5. The highest BCUT2D eigenvalue weighted by atomic mass is 35.5. The second-order valence-electron chi connectivity index (χ2n) is 6.78. The SMILES string of the molecule is Cc1cc(C)c2c(n1)sc1c2ncn2nc(COc3ccc(Cl)c(C)c3)nc12. The molecule has 0 aliphatic carbocycles. The number of rotatable bonds is 3. The molecule has 1 aromatic carbocycles. The molecule has 4 heterocycles. The van der Waals surface area contributed by atoms with Crippen molar-refractivity contribution in [2.24, 2.45) is 0 Å². The second kappa shape index (κ2) is 6.39. The number of pyridine rings is 1. The highest BCUT2D eigenvalue weighted by Gasteiger charge is 2.16. The van der Waals surface area contributed by atoms with Crippen LogP contribution in [0.25, 0.3) is 26.1 Å². The summed E-state index contributed by atoms with van der Waals surface area (Å²) in [7, 11) is 0. The molecular formula is C20H16ClN5OS. The van der Waals surface area contributed by atoms with Gasteiger partial charge in [0.15, 0.2) is 11.5 Å². The number of hydrogen-bond donors (Lipinski definition) is 0. The number of nitrogens with zero attached hydrogens (tertiary/aromatic N) is 5. The van der Waals surface area contributed by atoms with Gasteiger partial charge in [-0.05, 0) is 56.2 Å². The molecule has 0 fully saturated rings. The largest absolute Gasteiger partial charge is 0.486 e. The van der Waals surface area contributed by atoms with Crippen molar-refractivity contribution in [2.75, 3.05) is 0 Å². The Balaban J connectivity index is 1.55. The Bertz CT molecular complexity index is 1370. The summed E-state index contributed by atoms with van der Waals surface area (Å²) in [6.45, 7) is 6.31. The number of benzene rings is 1. The summed E-state index contributed by atoms with van der Waals surface area (Å²) in [6, 6.07) is 7.65. The zero-order valence-corrected chi connectivity index (χ0v) is 17.1. The Labute approximate surface area is 169 Å². The minimum atomic E-state index is 0.269. The van der Waals surface area contributed by atoms with Gasteiger partial charge < -0.3 is 4.74 Å². The van der Waals surface area contributed by atoms with Crippen LogP contribution in [0.4, 0.5) is 0 Å². The smallest absolute Gasteiger partial charge is 0.189 e. The number of halogens is 1. The predicted molar refractivity (Wildman–Crippen MR) is 111 cm³/mol. The molecule has 0 bridgehead atoms. The van der Waals surface area contributed by atoms with Crippen LogP contribution in [0, 0.1) is 20.8 Å². The Hall–Kier alpha value is -2.77. The second-order valence-corrected chi connectivity index (χ2v) is 8.19. The maximum Gasteiger partial charge on any atom is 0.189 e. The summed E-state index contributed by atoms with van der Waals surface area (Å²) in [4.78, 5) is 14.9. The van der Waals surface area contributed by atoms with Crippen LogP contribution < -0.4 is 4.74 Å². The summed E-state index contributed by atoms with van der Waals surface area (Å²) in [5, 5.41) is 6.31. The molecule has 0 spiro atoms. The van der Waals surface area contributed by atoms with Gasteiger partial charge in [0.25, 0.3) is 0 Å². The molecule has 0 saturated heterocycles. The van der Waals surface area contributed by atoms with Crippen molar-refractivity contribution in [2.45, 2.75) is 27.4 Å². The molecule has 0 aliphatic rings. The maximum absolute atomic E-state index is 6.07. The van der Waals surface area contributed by atoms with Crippen molar-refractivity contribution in [1.82, 2.24) is 24.6 Å². The van der Waals surface area contributed by atoms with E-state index in [2.05, 4.69) is 33.0 Å². The Morgan fingerprint density at radius 2 is 1.96 bits per heavy atom. The van der Waals surface area contributed by atoms with Gasteiger partial charge in [0, 0.05) is 16.1 Å². The third-order valence-corrected chi connectivity index (χ3v) is 6.13. The van der Waals surface area contributed by atoms with Crippen LogP contribution in [0.3, 0.4) is 0 Å². The van der Waals surface area contributed by atoms with E-state index in [1.54, 1.807) is 22.2 Å². The number of aryl methyl sites for hydroxylation is 3. The van der Waals surface area contributed by atoms with E-state index in [0.717, 1.165) is 48.1 Å². The fourth-order valence-electron chi connectivity index (χ4n) is 3.33. The highest BCUT2D eigenvalue weighted by Crippen LogP contribution is 2.35. The Morgan fingerprint density at radius 1 is 1.11 bits per heavy atom. The molecule has 8 heteroatoms. The van der Waals surface area contributed by atoms with Gasteiger partial charge in [-0.25, -0.2) is 19.5 Å². The van der Waals surface area contributed by atoms with Crippen LogP contribution in [0.1, 0.15) is 22.6 Å². The van der Waals surface area contributed by atoms with E-state index < -0.39 is 0 Å². The van der Waals surface area contributed by atoms with Crippen molar-refractivity contribution in [1.29, 1.82) is 0 Å². The van der Waals surface area contributed by atoms with Crippen LogP contribution in [0.5, 0.6) is 5.75 Å². The fourth-order valence-corrected chi connectivity index (χ4v) is 4.67. The van der Waals surface area contributed by atoms with Gasteiger partial charge in [0.1, 0.15) is 28.2 Å². The first-order chi connectivity index (χ1) is 13.5. The first-order valence-corrected chi connectivity index (χ1v) is 9.99. The number of ether oxygens (including phenoxy) is 1. The van der Waals surface area contributed by atoms with Crippen molar-refractivity contribution in [3.8, 4) is 5.75 Å². The van der Waals surface area contributed by atoms with Crippen molar-refractivity contribution >= 4 is 49.0 Å². The lowest BCUT2D eigenvalue weighted by molar-refractivity contribution is 0.296. The quantitative estimate of drug-likeness (QED) is 0.417. The van der Waals surface area contributed by atoms with Gasteiger partial charge in [-0.3, -0.25) is 0 Å². The summed E-state index contributed by atoms with van der Waals surface area (Å²) in [6.07, 6.45) is 1.70. The number of hydrogen-bond acceptors (Lipinski definition) is 6. The third-order valence-electron chi connectivity index (χ3n) is 4.63. The van der Waals surface area contributed by atoms with E-state index >= 15 is 0 Å². The molecule has 0 radical (unpaired) electrons. The van der Waals surface area contributed by atoms with Gasteiger partial charge >= 0.3 is 0 Å². The van der Waals surface area contributed by atoms with Crippen molar-refractivity contribution in [3.05, 3.63) is 58.3 Å². The summed E-state index contributed by atoms with van der Waals surface area (Å²) >= 11 is 7.66. The van der Waals surface area contributed by atoms with Gasteiger partial charge in [-0.15, -0.1) is 16.4 Å². The Kier molecular flexibility index (Phi) is 3.96. The lowest BCUT2D eigenvalue weighted by Crippen LogP contribution is -1.98. The monoisotopic (exact) mass is 409 g/mol. The zero-order chi connectivity index (χ0) is 19.4. The molecule has 5 rings (SSSR count). The zero-order valence-electron chi connectivity index (χ0n) is 15.5. The fraction of sp³-hybridized carbons (Fsp3) is 0.200. The van der Waals surface area contributed by atoms with Gasteiger partial charge in [0.2, 0.25) is 0 Å². The standard InChI is InChI=1S/C20H16ClN5OS/c1-10-7-13(4-5-14(10)21)27-8-15-24-19-18-17(22-9-26(19)25-15)16-11(2)6-12(3)23-20(16)28-18/h4-7,9H,8H2,1-3H3. The van der Waals surface area contributed by atoms with E-state index in [1.807, 2.05) is 32.0 Å². The lowest BCUT2D eigenvalue weighted by atomic mass is 10.1. The molecule has 0 atom stereocenters. The normalized spacial score (nSPS) is 11.7. The van der Waals surface area contributed by atoms with Gasteiger partial charge in [-0.2, -0.15) is 0 Å². The minimum Gasteiger partial charge on any atom is -0.486 e. The maximum atomic E-state index is 6.07. The molecule has 0 amide bonds. The molecular weight excluding hydrogens is 394 g/mol. The first-order valence-electron chi connectivity index (χ1n) is 8.79. The number of fused-ring (bicyclic) bond motifs is 5. The van der Waals surface area contributed by atoms with Crippen molar-refractivity contribution < 1.29 is 4.74 Å². The van der Waals surface area contributed by atoms with E-state index in [0.29, 0.717) is 5.82 Å². The molecule has 0 saturated carbocycles. The van der Waals surface area contributed by atoms with E-state index in [1.165, 1.54) is 5.56 Å². The van der Waals surface area contributed by atoms with Crippen LogP contribution in [0.15, 0.2) is 30.6 Å². The van der Waals surface area contributed by atoms with Crippen LogP contribution >= 0.6 is 22.9 Å². The van der Waals surface area contributed by atoms with Gasteiger partial charge in [0.05, 0.1) is 5.52 Å². The predicted octanol–water partition coefficient (Wildman–Crippen LogP) is 5.04. The van der Waals surface area contributed by atoms with Crippen molar-refractivity contribution in [3.63, 3.8) is 0 Å². The summed E-state index contributed by atoms with van der Waals surface area (Å²) < 4.78 is 8.52. The van der Waals surface area contributed by atoms with E-state index in [-0.39, 0.29) is 6.61 Å². The van der Waals surface area contributed by atoms with E-state index in [9.17, 15) is 0 Å². The third kappa shape index (κ3) is 2.78. The van der Waals surface area contributed by atoms with E-state index in [4.69, 9.17) is 16.3 Å². The highest BCUT2D eigenvalue weighted by molar-refractivity contribution is 7.26. The molecule has 28 heavy (non-hydrogen) atoms. The van der Waals surface area contributed by atoms with Crippen LogP contribution in [-0.2, 0) is 6.61 Å². The molecule has 5 aromatic rings. The lowest BCUT2D eigenvalue weighted by Gasteiger charge is -2.05. The molecule has 0 N–H and O–H groups in total. The molecule has 0 unspecified atom stereocenters. The summed E-state index contributed by atoms with van der Waals surface area (Å²) in [5.41, 5.74) is 4.84. The molecule has 4 aromatic heterocycles. The topological polar surface area (TPSA) is 65.2 Å². The van der Waals surface area contributed by atoms with Crippen LogP contribution in [-0.4, -0.2) is 24.6 Å². The molecule has 6 nitrogen and oxygen atoms in total. The number of thiophene rings is 1. The average Bonchev–Trinajstić information content (AvgIpc) is 3.23. The van der Waals surface area contributed by atoms with Gasteiger partial charge in [-0.1, -0.05) is 11.6 Å². The minimum absolute atomic E-state index is 0.269. The van der Waals surface area contributed by atoms with Crippen LogP contribution in [0.2, 0.25) is 5.02 Å². The summed E-state index contributed by atoms with van der Waals surface area (Å²) in [5.74, 6) is 1.33. The first kappa shape index (κ1) is 17.3. The Morgan fingerprint density at radius 3 is 2.79 bits per heavy atom. The molecule has 0 aliphatic heterocycles. The molecule has 140 valence electrons.